The molecule has 0 aliphatic carbocycles. The van der Waals surface area contributed by atoms with Gasteiger partial charge in [-0.15, -0.1) is 23.1 Å². The molecule has 0 aliphatic rings. The van der Waals surface area contributed by atoms with Crippen molar-refractivity contribution in [2.45, 2.75) is 4.90 Å². The molecule has 1 N–H and O–H groups in total. The van der Waals surface area contributed by atoms with Gasteiger partial charge in [0.15, 0.2) is 0 Å². The summed E-state index contributed by atoms with van der Waals surface area (Å²) in [6, 6.07) is 14.5. The monoisotopic (exact) mass is 300 g/mol. The first kappa shape index (κ1) is 13.2. The van der Waals surface area contributed by atoms with E-state index in [1.807, 2.05) is 24.3 Å². The van der Waals surface area contributed by atoms with Crippen molar-refractivity contribution < 1.29 is 9.90 Å². The third-order valence-electron chi connectivity index (χ3n) is 3.07. The van der Waals surface area contributed by atoms with Crippen molar-refractivity contribution in [2.75, 3.05) is 5.75 Å². The molecular weight excluding hydrogens is 288 g/mol. The standard InChI is InChI=1S/C16H12O2S2/c1-10(16(17)18)9-19-14-8-4-6-12-11-5-2-3-7-13(11)20-15(12)14/h2-8H,1,9H2,(H,17,18). The van der Waals surface area contributed by atoms with Crippen LogP contribution in [0.25, 0.3) is 20.2 Å². The summed E-state index contributed by atoms with van der Waals surface area (Å²) in [5.41, 5.74) is 0.230. The van der Waals surface area contributed by atoms with Crippen LogP contribution >= 0.6 is 23.1 Å². The molecular formula is C16H12O2S2. The van der Waals surface area contributed by atoms with Gasteiger partial charge in [0.25, 0.3) is 0 Å². The van der Waals surface area contributed by atoms with Crippen molar-refractivity contribution >= 4 is 49.2 Å². The number of carboxylic acids is 1. The fourth-order valence-electron chi connectivity index (χ4n) is 2.06. The van der Waals surface area contributed by atoms with E-state index in [0.717, 1.165) is 4.90 Å². The smallest absolute Gasteiger partial charge is 0.331 e. The minimum Gasteiger partial charge on any atom is -0.478 e. The Morgan fingerprint density at radius 2 is 1.90 bits per heavy atom. The van der Waals surface area contributed by atoms with Gasteiger partial charge in [-0.25, -0.2) is 4.79 Å². The molecule has 20 heavy (non-hydrogen) atoms. The van der Waals surface area contributed by atoms with E-state index in [9.17, 15) is 4.79 Å². The van der Waals surface area contributed by atoms with Gasteiger partial charge in [0, 0.05) is 36.4 Å². The van der Waals surface area contributed by atoms with Crippen LogP contribution in [0.5, 0.6) is 0 Å². The normalized spacial score (nSPS) is 11.0. The Bertz CT molecular complexity index is 818. The zero-order valence-electron chi connectivity index (χ0n) is 10.6. The van der Waals surface area contributed by atoms with Crippen LogP contribution in [0.3, 0.4) is 0 Å². The molecule has 1 aromatic heterocycles. The van der Waals surface area contributed by atoms with Gasteiger partial charge in [-0.3, -0.25) is 0 Å². The van der Waals surface area contributed by atoms with Gasteiger partial charge in [-0.05, 0) is 12.1 Å². The van der Waals surface area contributed by atoms with Crippen LogP contribution in [0.2, 0.25) is 0 Å². The van der Waals surface area contributed by atoms with Crippen LogP contribution in [-0.2, 0) is 4.79 Å². The van der Waals surface area contributed by atoms with E-state index >= 15 is 0 Å². The fourth-order valence-corrected chi connectivity index (χ4v) is 4.34. The number of thiophene rings is 1. The van der Waals surface area contributed by atoms with Crippen LogP contribution < -0.4 is 0 Å². The third kappa shape index (κ3) is 2.32. The quantitative estimate of drug-likeness (QED) is 0.556. The Morgan fingerprint density at radius 3 is 2.70 bits per heavy atom. The molecule has 0 bridgehead atoms. The van der Waals surface area contributed by atoms with Crippen molar-refractivity contribution in [3.05, 3.63) is 54.6 Å². The summed E-state index contributed by atoms with van der Waals surface area (Å²) >= 11 is 3.28. The number of fused-ring (bicyclic) bond motifs is 3. The predicted octanol–water partition coefficient (Wildman–Crippen LogP) is 4.79. The maximum absolute atomic E-state index is 10.8. The van der Waals surface area contributed by atoms with Crippen LogP contribution in [-0.4, -0.2) is 16.8 Å². The minimum atomic E-state index is -0.930. The lowest BCUT2D eigenvalue weighted by Crippen LogP contribution is -2.00. The molecule has 4 heteroatoms. The van der Waals surface area contributed by atoms with Crippen molar-refractivity contribution in [1.29, 1.82) is 0 Å². The molecule has 0 saturated heterocycles. The first-order valence-corrected chi connectivity index (χ1v) is 7.91. The summed E-state index contributed by atoms with van der Waals surface area (Å²) in [5.74, 6) is -0.524. The highest BCUT2D eigenvalue weighted by Gasteiger charge is 2.10. The molecule has 0 aliphatic heterocycles. The highest BCUT2D eigenvalue weighted by atomic mass is 32.2. The summed E-state index contributed by atoms with van der Waals surface area (Å²) in [6.45, 7) is 3.58. The number of hydrogen-bond donors (Lipinski definition) is 1. The molecule has 100 valence electrons. The number of rotatable bonds is 4. The zero-order valence-corrected chi connectivity index (χ0v) is 12.3. The first-order valence-electron chi connectivity index (χ1n) is 6.11. The molecule has 2 nitrogen and oxygen atoms in total. The molecule has 3 rings (SSSR count). The van der Waals surface area contributed by atoms with Crippen molar-refractivity contribution in [3.63, 3.8) is 0 Å². The number of aliphatic carboxylic acids is 1. The third-order valence-corrected chi connectivity index (χ3v) is 5.57. The van der Waals surface area contributed by atoms with Crippen LogP contribution in [0.4, 0.5) is 0 Å². The molecule has 0 saturated carbocycles. The number of carbonyl (C=O) groups is 1. The molecule has 0 spiro atoms. The highest BCUT2D eigenvalue weighted by molar-refractivity contribution is 7.99. The lowest BCUT2D eigenvalue weighted by atomic mass is 10.1. The Morgan fingerprint density at radius 1 is 1.15 bits per heavy atom. The van der Waals surface area contributed by atoms with E-state index in [-0.39, 0.29) is 5.57 Å². The van der Waals surface area contributed by atoms with E-state index in [2.05, 4.69) is 24.8 Å². The van der Waals surface area contributed by atoms with Crippen molar-refractivity contribution in [2.24, 2.45) is 0 Å². The van der Waals surface area contributed by atoms with Gasteiger partial charge in [-0.1, -0.05) is 36.9 Å². The van der Waals surface area contributed by atoms with E-state index < -0.39 is 5.97 Å². The van der Waals surface area contributed by atoms with Gasteiger partial charge in [-0.2, -0.15) is 0 Å². The Hall–Kier alpha value is -1.78. The second-order valence-corrected chi connectivity index (χ2v) is 6.50. The molecule has 0 fully saturated rings. The summed E-state index contributed by atoms with van der Waals surface area (Å²) < 4.78 is 2.48. The Labute approximate surface area is 124 Å². The molecule has 2 aromatic carbocycles. The predicted molar refractivity (Wildman–Crippen MR) is 86.8 cm³/mol. The maximum atomic E-state index is 10.8. The van der Waals surface area contributed by atoms with E-state index in [1.165, 1.54) is 31.9 Å². The van der Waals surface area contributed by atoms with Gasteiger partial charge in [0.2, 0.25) is 0 Å². The number of carboxylic acid groups (broad SMARTS) is 1. The zero-order chi connectivity index (χ0) is 14.1. The molecule has 0 unspecified atom stereocenters. The molecule has 1 heterocycles. The minimum absolute atomic E-state index is 0.230. The lowest BCUT2D eigenvalue weighted by Gasteiger charge is -2.03. The largest absolute Gasteiger partial charge is 0.478 e. The second-order valence-electron chi connectivity index (χ2n) is 4.43. The number of benzene rings is 2. The highest BCUT2D eigenvalue weighted by Crippen LogP contribution is 2.39. The molecule has 0 amide bonds. The van der Waals surface area contributed by atoms with E-state index in [1.54, 1.807) is 11.3 Å². The van der Waals surface area contributed by atoms with Gasteiger partial charge in [0.05, 0.1) is 0 Å². The van der Waals surface area contributed by atoms with Crippen LogP contribution in [0, 0.1) is 0 Å². The van der Waals surface area contributed by atoms with Gasteiger partial charge >= 0.3 is 5.97 Å². The SMILES string of the molecule is C=C(CSc1cccc2c1sc1ccccc12)C(=O)O. The Balaban J connectivity index is 2.03. The molecule has 0 atom stereocenters. The summed E-state index contributed by atoms with van der Waals surface area (Å²) in [5, 5.41) is 11.4. The fraction of sp³-hybridized carbons (Fsp3) is 0.0625. The maximum Gasteiger partial charge on any atom is 0.331 e. The van der Waals surface area contributed by atoms with Gasteiger partial charge < -0.3 is 5.11 Å². The van der Waals surface area contributed by atoms with Crippen molar-refractivity contribution in [1.82, 2.24) is 0 Å². The average molecular weight is 300 g/mol. The van der Waals surface area contributed by atoms with E-state index in [0.29, 0.717) is 5.75 Å². The first-order chi connectivity index (χ1) is 9.66. The lowest BCUT2D eigenvalue weighted by molar-refractivity contribution is -0.132. The van der Waals surface area contributed by atoms with Crippen LogP contribution in [0.1, 0.15) is 0 Å². The number of thioether (sulfide) groups is 1. The second kappa shape index (κ2) is 5.31. The molecule has 0 radical (unpaired) electrons. The molecule has 3 aromatic rings. The summed E-state index contributed by atoms with van der Waals surface area (Å²) in [7, 11) is 0. The summed E-state index contributed by atoms with van der Waals surface area (Å²) in [4.78, 5) is 11.9. The summed E-state index contributed by atoms with van der Waals surface area (Å²) in [6.07, 6.45) is 0. The number of hydrogen-bond acceptors (Lipinski definition) is 3. The van der Waals surface area contributed by atoms with Gasteiger partial charge in [0.1, 0.15) is 0 Å². The Kier molecular flexibility index (Phi) is 3.51. The van der Waals surface area contributed by atoms with Crippen molar-refractivity contribution in [3.8, 4) is 0 Å². The topological polar surface area (TPSA) is 37.3 Å². The van der Waals surface area contributed by atoms with E-state index in [4.69, 9.17) is 5.11 Å². The average Bonchev–Trinajstić information content (AvgIpc) is 2.83. The van der Waals surface area contributed by atoms with Crippen LogP contribution in [0.15, 0.2) is 59.5 Å².